The van der Waals surface area contributed by atoms with Crippen molar-refractivity contribution in [1.29, 1.82) is 0 Å². The van der Waals surface area contributed by atoms with Gasteiger partial charge in [-0.3, -0.25) is 0 Å². The SMILES string of the molecule is CC.CC.CC/C(=C\NC)Nc1ccc(-c2cccc(O)c2)c(C)c1.CC/C=N/Nc1ncc(F)c(N2CCOCC2)n1. The van der Waals surface area contributed by atoms with E-state index in [9.17, 15) is 9.50 Å². The number of rotatable bonds is 9. The molecule has 1 fully saturated rings. The molecule has 0 amide bonds. The summed E-state index contributed by atoms with van der Waals surface area (Å²) >= 11 is 0. The molecule has 0 atom stereocenters. The molecule has 10 heteroatoms. The number of hydrazone groups is 1. The third-order valence-electron chi connectivity index (χ3n) is 5.86. The van der Waals surface area contributed by atoms with Gasteiger partial charge in [-0.25, -0.2) is 14.8 Å². The molecule has 4 N–H and O–H groups in total. The van der Waals surface area contributed by atoms with Crippen molar-refractivity contribution in [3.05, 3.63) is 71.9 Å². The molecule has 236 valence electrons. The number of allylic oxidation sites excluding steroid dienone is 1. The second-order valence-corrected chi connectivity index (χ2v) is 8.81. The van der Waals surface area contributed by atoms with Crippen molar-refractivity contribution < 1.29 is 14.2 Å². The first kappa shape index (κ1) is 36.8. The largest absolute Gasteiger partial charge is 0.508 e. The maximum atomic E-state index is 13.7. The summed E-state index contributed by atoms with van der Waals surface area (Å²) in [6, 6.07) is 13.6. The highest BCUT2D eigenvalue weighted by Gasteiger charge is 2.17. The second-order valence-electron chi connectivity index (χ2n) is 8.81. The maximum absolute atomic E-state index is 13.7. The molecule has 2 heterocycles. The van der Waals surface area contributed by atoms with Crippen LogP contribution in [0.3, 0.4) is 0 Å². The lowest BCUT2D eigenvalue weighted by Gasteiger charge is -2.27. The molecular formula is C33H50FN7O2. The van der Waals surface area contributed by atoms with Gasteiger partial charge >= 0.3 is 0 Å². The highest BCUT2D eigenvalue weighted by atomic mass is 19.1. The Morgan fingerprint density at radius 2 is 1.81 bits per heavy atom. The molecule has 43 heavy (non-hydrogen) atoms. The van der Waals surface area contributed by atoms with E-state index in [-0.39, 0.29) is 0 Å². The Bertz CT molecular complexity index is 1260. The summed E-state index contributed by atoms with van der Waals surface area (Å²) in [5.41, 5.74) is 8.22. The standard InChI is InChI=1S/C18H22N2O.C11H16FN5O.2C2H6/c1-4-15(12-19-3)20-16-8-9-18(13(2)10-16)14-6-5-7-17(21)11-14;1-2-3-14-16-11-13-8-9(12)10(15-11)17-4-6-18-7-5-17;2*1-2/h5-12,19-21H,4H2,1-3H3;3,8H,2,4-7H2,1H3,(H,13,15,16);2*1-2H3/b15-12+;14-3+;;. The summed E-state index contributed by atoms with van der Waals surface area (Å²) in [7, 11) is 1.90. The van der Waals surface area contributed by atoms with E-state index in [1.807, 2.05) is 64.9 Å². The highest BCUT2D eigenvalue weighted by molar-refractivity contribution is 5.71. The zero-order valence-electron chi connectivity index (χ0n) is 27.0. The molecule has 0 unspecified atom stereocenters. The lowest BCUT2D eigenvalue weighted by Crippen LogP contribution is -2.37. The lowest BCUT2D eigenvalue weighted by atomic mass is 10.00. The molecule has 4 rings (SSSR count). The molecule has 0 spiro atoms. The summed E-state index contributed by atoms with van der Waals surface area (Å²) in [5.74, 6) is 0.450. The van der Waals surface area contributed by atoms with Gasteiger partial charge in [0.15, 0.2) is 11.6 Å². The Kier molecular flexibility index (Phi) is 18.4. The van der Waals surface area contributed by atoms with Gasteiger partial charge in [-0.1, -0.05) is 59.7 Å². The normalized spacial score (nSPS) is 12.6. The van der Waals surface area contributed by atoms with Crippen molar-refractivity contribution >= 4 is 23.7 Å². The molecule has 1 aliphatic heterocycles. The Balaban J connectivity index is 0.000000389. The van der Waals surface area contributed by atoms with Crippen LogP contribution in [0.4, 0.5) is 21.8 Å². The van der Waals surface area contributed by atoms with Crippen molar-refractivity contribution in [3.63, 3.8) is 0 Å². The number of aryl methyl sites for hydroxylation is 1. The van der Waals surface area contributed by atoms with Crippen LogP contribution in [0.5, 0.6) is 5.75 Å². The van der Waals surface area contributed by atoms with Gasteiger partial charge in [-0.15, -0.1) is 0 Å². The van der Waals surface area contributed by atoms with E-state index < -0.39 is 5.82 Å². The van der Waals surface area contributed by atoms with Crippen LogP contribution in [0, 0.1) is 12.7 Å². The summed E-state index contributed by atoms with van der Waals surface area (Å²) in [4.78, 5) is 9.81. The van der Waals surface area contributed by atoms with Crippen LogP contribution in [0.1, 0.15) is 59.9 Å². The van der Waals surface area contributed by atoms with Crippen LogP contribution in [-0.4, -0.2) is 54.6 Å². The molecule has 0 bridgehead atoms. The summed E-state index contributed by atoms with van der Waals surface area (Å²) in [6.07, 6.45) is 6.57. The predicted octanol–water partition coefficient (Wildman–Crippen LogP) is 7.56. The fourth-order valence-electron chi connectivity index (χ4n) is 3.93. The fourth-order valence-corrected chi connectivity index (χ4v) is 3.93. The number of phenolic OH excluding ortho intramolecular Hbond substituents is 1. The van der Waals surface area contributed by atoms with Gasteiger partial charge in [0.25, 0.3) is 0 Å². The quantitative estimate of drug-likeness (QED) is 0.148. The van der Waals surface area contributed by atoms with Gasteiger partial charge in [0, 0.05) is 43.9 Å². The average Bonchev–Trinajstić information content (AvgIpc) is 3.04. The van der Waals surface area contributed by atoms with Crippen LogP contribution in [-0.2, 0) is 4.74 Å². The van der Waals surface area contributed by atoms with Crippen LogP contribution in [0.25, 0.3) is 11.1 Å². The number of phenols is 1. The van der Waals surface area contributed by atoms with Crippen molar-refractivity contribution in [2.24, 2.45) is 5.10 Å². The maximum Gasteiger partial charge on any atom is 0.245 e. The van der Waals surface area contributed by atoms with Gasteiger partial charge in [-0.2, -0.15) is 10.1 Å². The zero-order chi connectivity index (χ0) is 32.0. The molecule has 0 aliphatic carbocycles. The van der Waals surface area contributed by atoms with Crippen molar-refractivity contribution in [2.45, 2.75) is 61.3 Å². The van der Waals surface area contributed by atoms with Crippen LogP contribution in [0.15, 0.2) is 65.7 Å². The van der Waals surface area contributed by atoms with E-state index in [0.717, 1.165) is 41.5 Å². The van der Waals surface area contributed by atoms with E-state index in [1.54, 1.807) is 18.3 Å². The smallest absolute Gasteiger partial charge is 0.245 e. The minimum absolute atomic E-state index is 0.291. The third kappa shape index (κ3) is 12.7. The number of hydrogen-bond donors (Lipinski definition) is 4. The number of hydrogen-bond acceptors (Lipinski definition) is 9. The number of aromatic hydroxyl groups is 1. The van der Waals surface area contributed by atoms with Crippen LogP contribution >= 0.6 is 0 Å². The first-order chi connectivity index (χ1) is 20.9. The Hall–Kier alpha value is -4.18. The molecule has 1 saturated heterocycles. The van der Waals surface area contributed by atoms with E-state index in [1.165, 1.54) is 5.56 Å². The minimum atomic E-state index is -0.429. The highest BCUT2D eigenvalue weighted by Crippen LogP contribution is 2.28. The first-order valence-electron chi connectivity index (χ1n) is 15.1. The number of halogens is 1. The Morgan fingerprint density at radius 1 is 1.09 bits per heavy atom. The van der Waals surface area contributed by atoms with E-state index in [0.29, 0.717) is 43.8 Å². The van der Waals surface area contributed by atoms with Crippen LogP contribution < -0.4 is 21.0 Å². The van der Waals surface area contributed by atoms with Gasteiger partial charge in [-0.05, 0) is 60.7 Å². The van der Waals surface area contributed by atoms with Crippen LogP contribution in [0.2, 0.25) is 0 Å². The van der Waals surface area contributed by atoms with Crippen molar-refractivity contribution in [1.82, 2.24) is 15.3 Å². The molecule has 3 aromatic rings. The fraction of sp³-hybridized carbons (Fsp3) is 0.424. The number of benzene rings is 2. The molecular weight excluding hydrogens is 545 g/mol. The van der Waals surface area contributed by atoms with E-state index >= 15 is 0 Å². The van der Waals surface area contributed by atoms with E-state index in [2.05, 4.69) is 63.2 Å². The number of nitrogens with zero attached hydrogens (tertiary/aromatic N) is 4. The van der Waals surface area contributed by atoms with E-state index in [4.69, 9.17) is 4.74 Å². The average molecular weight is 596 g/mol. The zero-order valence-corrected chi connectivity index (χ0v) is 27.0. The number of nitrogens with one attached hydrogen (secondary N) is 3. The number of morpholine rings is 1. The molecule has 2 aromatic carbocycles. The molecule has 0 saturated carbocycles. The summed E-state index contributed by atoms with van der Waals surface area (Å²) in [5, 5.41) is 20.0. The monoisotopic (exact) mass is 595 g/mol. The predicted molar refractivity (Wildman–Crippen MR) is 179 cm³/mol. The number of ether oxygens (including phenoxy) is 1. The third-order valence-corrected chi connectivity index (χ3v) is 5.86. The van der Waals surface area contributed by atoms with Crippen molar-refractivity contribution in [3.8, 4) is 16.9 Å². The van der Waals surface area contributed by atoms with Gasteiger partial charge in [0.1, 0.15) is 5.75 Å². The van der Waals surface area contributed by atoms with Crippen molar-refractivity contribution in [2.75, 3.05) is 49.0 Å². The lowest BCUT2D eigenvalue weighted by molar-refractivity contribution is 0.122. The van der Waals surface area contributed by atoms with Gasteiger partial charge in [0.2, 0.25) is 5.95 Å². The number of anilines is 3. The Labute approximate surface area is 257 Å². The second kappa shape index (κ2) is 21.5. The molecule has 1 aliphatic rings. The minimum Gasteiger partial charge on any atom is -0.508 e. The summed E-state index contributed by atoms with van der Waals surface area (Å²) in [6.45, 7) is 16.6. The molecule has 9 nitrogen and oxygen atoms in total. The first-order valence-corrected chi connectivity index (χ1v) is 15.1. The van der Waals surface area contributed by atoms with Gasteiger partial charge in [0.05, 0.1) is 19.4 Å². The van der Waals surface area contributed by atoms with Gasteiger partial charge < -0.3 is 25.4 Å². The molecule has 0 radical (unpaired) electrons. The topological polar surface area (TPSA) is 107 Å². The summed E-state index contributed by atoms with van der Waals surface area (Å²) < 4.78 is 18.9. The number of aromatic nitrogens is 2. The molecule has 1 aromatic heterocycles. The Morgan fingerprint density at radius 3 is 2.42 bits per heavy atom.